The van der Waals surface area contributed by atoms with Crippen molar-refractivity contribution < 1.29 is 55.0 Å². The Morgan fingerprint density at radius 3 is 0.833 bits per heavy atom. The van der Waals surface area contributed by atoms with Crippen LogP contribution in [0.15, 0.2) is 311 Å². The van der Waals surface area contributed by atoms with Crippen molar-refractivity contribution in [2.45, 2.75) is 84.8 Å². The second-order valence-corrected chi connectivity index (χ2v) is 29.7. The van der Waals surface area contributed by atoms with Gasteiger partial charge in [-0.05, 0) is 200 Å². The number of esters is 2. The van der Waals surface area contributed by atoms with Crippen LogP contribution in [0.5, 0.6) is 0 Å². The van der Waals surface area contributed by atoms with Crippen LogP contribution < -0.4 is 19.6 Å². The van der Waals surface area contributed by atoms with Gasteiger partial charge in [0.25, 0.3) is 0 Å². The second-order valence-electron chi connectivity index (χ2n) is 25.9. The Labute approximate surface area is 630 Å². The lowest BCUT2D eigenvalue weighted by Crippen LogP contribution is -2.11. The Morgan fingerprint density at radius 2 is 0.574 bits per heavy atom. The molecule has 12 aromatic carbocycles. The number of sulfone groups is 2. The van der Waals surface area contributed by atoms with E-state index in [9.17, 15) is 31.2 Å². The lowest BCUT2D eigenvalue weighted by atomic mass is 10.0. The van der Waals surface area contributed by atoms with Crippen molar-refractivity contribution >= 4 is 112 Å². The smallest absolute Gasteiger partial charge is 0.373 e. The van der Waals surface area contributed by atoms with Gasteiger partial charge in [0.1, 0.15) is 12.4 Å². The molecule has 0 bridgehead atoms. The van der Waals surface area contributed by atoms with Gasteiger partial charge in [-0.1, -0.05) is 159 Å². The number of nitrogens with zero attached hydrogens (tertiary/aromatic N) is 4. The molecule has 0 atom stereocenters. The van der Waals surface area contributed by atoms with E-state index in [1.54, 1.807) is 38.3 Å². The molecule has 18 heteroatoms. The highest BCUT2D eigenvalue weighted by molar-refractivity contribution is 7.92. The molecule has 2 aliphatic heterocycles. The number of carbonyl (C=O) groups is 3. The standard InChI is InChI=1S/C46H42N2O6S.C43H38N2O4S.CO2/c1-33(49)13-14-34-15-20-38(21-16-34)47(36-9-5-3-6-10-36)40-24-26-42-43-27-25-41(32-45(43)55(51,52)44(42)31-40)48(37-11-7-4-8-12-37)39-22-17-35(18-23-39)19-28-46(50)54-30-29-53-2;1-3-10-31-15-20-35(21-16-31)44(33-11-6-4-7-12-33)37-24-26-39-40-27-25-38(30-42(40)50(47,48)41(39)29-37)45(34-13-8-5-9-14-34)36-22-17-32(18-23-36)19-28-43(46)49-2;2-1-3/h3-12,15-18,20-27,31-32H,13-14,19,28-30H2,1-2H3;4-9,11-18,20-27,29-30H,3,10,19,28H2,1-2H3;. The predicted octanol–water partition coefficient (Wildman–Crippen LogP) is 20.0. The zero-order valence-electron chi connectivity index (χ0n) is 60.3. The van der Waals surface area contributed by atoms with E-state index in [1.165, 1.54) is 12.7 Å². The van der Waals surface area contributed by atoms with Crippen LogP contribution in [-0.2, 0) is 83.5 Å². The van der Waals surface area contributed by atoms with Crippen molar-refractivity contribution in [3.63, 3.8) is 0 Å². The summed E-state index contributed by atoms with van der Waals surface area (Å²) < 4.78 is 72.7. The van der Waals surface area contributed by atoms with E-state index < -0.39 is 19.7 Å². The van der Waals surface area contributed by atoms with Crippen molar-refractivity contribution in [1.29, 1.82) is 0 Å². The normalized spacial score (nSPS) is 12.2. The quantitative estimate of drug-likeness (QED) is 0.0366. The number of benzene rings is 12. The van der Waals surface area contributed by atoms with Crippen LogP contribution >= 0.6 is 0 Å². The fourth-order valence-corrected chi connectivity index (χ4v) is 16.9. The lowest BCUT2D eigenvalue weighted by Gasteiger charge is -2.26. The molecule has 0 unspecified atom stereocenters. The van der Waals surface area contributed by atoms with Crippen LogP contribution in [0.2, 0.25) is 0 Å². The third-order valence-electron chi connectivity index (χ3n) is 18.8. The van der Waals surface area contributed by atoms with Gasteiger partial charge in [-0.2, -0.15) is 9.59 Å². The van der Waals surface area contributed by atoms with Gasteiger partial charge in [0, 0.05) is 117 Å². The average Bonchev–Trinajstić information content (AvgIpc) is 1.58. The maximum Gasteiger partial charge on any atom is 0.373 e. The first-order valence-corrected chi connectivity index (χ1v) is 38.5. The van der Waals surface area contributed by atoms with Crippen LogP contribution in [0.4, 0.5) is 68.2 Å². The van der Waals surface area contributed by atoms with E-state index in [0.29, 0.717) is 77.2 Å². The minimum Gasteiger partial charge on any atom is -0.469 e. The topological polar surface area (TPSA) is 194 Å². The molecular formula is C90H80N4O12S2. The fourth-order valence-electron chi connectivity index (χ4n) is 13.5. The highest BCUT2D eigenvalue weighted by Gasteiger charge is 2.37. The Hall–Kier alpha value is -12.3. The summed E-state index contributed by atoms with van der Waals surface area (Å²) in [4.78, 5) is 61.0. The number of hydrogen-bond acceptors (Lipinski definition) is 16. The molecule has 0 N–H and O–H groups in total. The van der Waals surface area contributed by atoms with Crippen LogP contribution in [0.1, 0.15) is 61.8 Å². The zero-order chi connectivity index (χ0) is 75.7. The molecule has 12 aromatic rings. The summed E-state index contributed by atoms with van der Waals surface area (Å²) >= 11 is 0. The van der Waals surface area contributed by atoms with Gasteiger partial charge in [-0.3, -0.25) is 9.59 Å². The van der Waals surface area contributed by atoms with Crippen LogP contribution in [-0.4, -0.2) is 68.1 Å². The van der Waals surface area contributed by atoms with Gasteiger partial charge in [0.15, 0.2) is 0 Å². The summed E-state index contributed by atoms with van der Waals surface area (Å²) in [6, 6.07) is 94.7. The number of methoxy groups -OCH3 is 2. The van der Waals surface area contributed by atoms with Gasteiger partial charge < -0.3 is 38.6 Å². The molecule has 0 aliphatic carbocycles. The SMILES string of the molecule is CCCc1ccc(N(c2ccccc2)c2ccc3c(c2)S(=O)(=O)c2cc(N(c4ccccc4)c4ccc(CCC(=O)OC)cc4)ccc2-3)cc1.COCCOC(=O)CCc1ccc(N(c2ccccc2)c2ccc3c(c2)S(=O)(=O)c2cc(N(c4ccccc4)c4ccc(CCC(C)=O)cc4)ccc2-3)cc1.O=C=O. The van der Waals surface area contributed by atoms with Crippen molar-refractivity contribution in [3.05, 3.63) is 313 Å². The number of Topliss-reactive ketones (excluding diaryl/α,β-unsaturated/α-hetero) is 1. The molecule has 0 amide bonds. The number of fused-ring (bicyclic) bond motifs is 6. The summed E-state index contributed by atoms with van der Waals surface area (Å²) in [5.74, 6) is -0.374. The number of hydrogen-bond donors (Lipinski definition) is 0. The lowest BCUT2D eigenvalue weighted by molar-refractivity contribution is -0.191. The molecule has 0 aromatic heterocycles. The fraction of sp³-hybridized carbons (Fsp3) is 0.156. The van der Waals surface area contributed by atoms with Crippen LogP contribution in [0.25, 0.3) is 22.3 Å². The first-order chi connectivity index (χ1) is 52.5. The third kappa shape index (κ3) is 17.1. The van der Waals surface area contributed by atoms with Crippen molar-refractivity contribution in [1.82, 2.24) is 0 Å². The maximum absolute atomic E-state index is 14.5. The summed E-state index contributed by atoms with van der Waals surface area (Å²) in [6.45, 7) is 4.36. The number of rotatable bonds is 26. The zero-order valence-corrected chi connectivity index (χ0v) is 61.9. The van der Waals surface area contributed by atoms with E-state index in [4.69, 9.17) is 23.8 Å². The molecule has 0 saturated carbocycles. The molecule has 0 fully saturated rings. The summed E-state index contributed by atoms with van der Waals surface area (Å²) in [5.41, 5.74) is 17.1. The minimum atomic E-state index is -3.90. The average molecular weight is 1470 g/mol. The minimum absolute atomic E-state index is 0.149. The first kappa shape index (κ1) is 75.4. The Kier molecular flexibility index (Phi) is 24.2. The van der Waals surface area contributed by atoms with Gasteiger partial charge in [0.2, 0.25) is 19.7 Å². The summed E-state index contributed by atoms with van der Waals surface area (Å²) in [5, 5.41) is 0. The molecule has 14 rings (SSSR count). The molecular weight excluding hydrogens is 1390 g/mol. The van der Waals surface area contributed by atoms with Gasteiger partial charge in [0.05, 0.1) is 33.3 Å². The summed E-state index contributed by atoms with van der Waals surface area (Å²) in [7, 11) is -4.78. The summed E-state index contributed by atoms with van der Waals surface area (Å²) in [6.07, 6.45) is 5.14. The molecule has 2 aliphatic rings. The van der Waals surface area contributed by atoms with Crippen LogP contribution in [0.3, 0.4) is 0 Å². The Morgan fingerprint density at radius 1 is 0.324 bits per heavy atom. The number of ketones is 1. The van der Waals surface area contributed by atoms with Crippen molar-refractivity contribution in [2.75, 3.05) is 47.0 Å². The van der Waals surface area contributed by atoms with Crippen molar-refractivity contribution in [3.8, 4) is 22.3 Å². The van der Waals surface area contributed by atoms with E-state index >= 15 is 0 Å². The molecule has 0 saturated heterocycles. The molecule has 544 valence electrons. The van der Waals surface area contributed by atoms with Crippen LogP contribution in [0, 0.1) is 0 Å². The number of ether oxygens (including phenoxy) is 3. The highest BCUT2D eigenvalue weighted by atomic mass is 32.2. The largest absolute Gasteiger partial charge is 0.469 e. The molecule has 108 heavy (non-hydrogen) atoms. The molecule has 16 nitrogen and oxygen atoms in total. The van der Waals surface area contributed by atoms with E-state index in [1.807, 2.05) is 257 Å². The third-order valence-corrected chi connectivity index (χ3v) is 22.5. The van der Waals surface area contributed by atoms with Gasteiger partial charge in [-0.25, -0.2) is 16.8 Å². The molecule has 0 spiro atoms. The maximum atomic E-state index is 14.5. The number of carbonyl (C=O) groups excluding carboxylic acids is 5. The first-order valence-electron chi connectivity index (χ1n) is 35.6. The van der Waals surface area contributed by atoms with E-state index in [-0.39, 0.29) is 51.6 Å². The van der Waals surface area contributed by atoms with Gasteiger partial charge in [-0.15, -0.1) is 0 Å². The molecule has 2 heterocycles. The van der Waals surface area contributed by atoms with E-state index in [0.717, 1.165) is 86.4 Å². The monoisotopic (exact) mass is 1470 g/mol. The second kappa shape index (κ2) is 34.7. The highest BCUT2D eigenvalue weighted by Crippen LogP contribution is 2.51. The molecule has 0 radical (unpaired) electrons. The number of anilines is 12. The Bertz CT molecular complexity index is 5420. The predicted molar refractivity (Wildman–Crippen MR) is 423 cm³/mol. The van der Waals surface area contributed by atoms with Gasteiger partial charge >= 0.3 is 18.1 Å². The Balaban J connectivity index is 0.000000195. The number of para-hydroxylation sites is 4. The van der Waals surface area contributed by atoms with E-state index in [2.05, 4.69) is 36.1 Å². The van der Waals surface area contributed by atoms with Crippen molar-refractivity contribution in [2.24, 2.45) is 0 Å². The number of aryl methyl sites for hydroxylation is 4.